The number of quaternary nitrogens is 1. The van der Waals surface area contributed by atoms with Crippen LogP contribution in [0.25, 0.3) is 0 Å². The van der Waals surface area contributed by atoms with E-state index >= 15 is 0 Å². The lowest BCUT2D eigenvalue weighted by atomic mass is 10.2. The van der Waals surface area contributed by atoms with Crippen LogP contribution in [0.3, 0.4) is 0 Å². The highest BCUT2D eigenvalue weighted by Gasteiger charge is 2.35. The molecule has 1 saturated heterocycles. The molecule has 0 radical (unpaired) electrons. The highest BCUT2D eigenvalue weighted by molar-refractivity contribution is 5.93. The monoisotopic (exact) mass is 362 g/mol. The third-order valence-corrected chi connectivity index (χ3v) is 2.63. The number of rotatable bonds is 3. The number of carbonyl (C=O) groups is 1. The Bertz CT molecular complexity index is 403. The van der Waals surface area contributed by atoms with Crippen LogP contribution in [0.2, 0.25) is 0 Å². The largest absolute Gasteiger partial charge is 1.00 e. The van der Waals surface area contributed by atoms with Gasteiger partial charge in [0.25, 0.3) is 5.91 Å². The number of nitrogens with zero attached hydrogens (tertiary/aromatic N) is 2. The summed E-state index contributed by atoms with van der Waals surface area (Å²) in [6.45, 7) is 0.828. The summed E-state index contributed by atoms with van der Waals surface area (Å²) in [6, 6.07) is 9.49. The summed E-state index contributed by atoms with van der Waals surface area (Å²) in [5, 5.41) is 1.42. The number of para-hydroxylation sites is 1. The van der Waals surface area contributed by atoms with Crippen LogP contribution in [0.5, 0.6) is 0 Å². The predicted molar refractivity (Wildman–Crippen MR) is 66.3 cm³/mol. The van der Waals surface area contributed by atoms with Gasteiger partial charge in [-0.15, -0.1) is 0 Å². The van der Waals surface area contributed by atoms with Crippen molar-refractivity contribution in [2.45, 2.75) is 12.5 Å². The maximum atomic E-state index is 11.9. The number of benzene rings is 1. The first-order valence-electron chi connectivity index (χ1n) is 5.81. The molecule has 1 aliphatic heterocycles. The van der Waals surface area contributed by atoms with Crippen molar-refractivity contribution < 1.29 is 38.1 Å². The van der Waals surface area contributed by atoms with Crippen LogP contribution in [0.15, 0.2) is 30.3 Å². The van der Waals surface area contributed by atoms with E-state index in [1.165, 1.54) is 5.06 Å². The zero-order chi connectivity index (χ0) is 12.5. The van der Waals surface area contributed by atoms with Crippen molar-refractivity contribution in [1.82, 2.24) is 0 Å². The first-order valence-corrected chi connectivity index (χ1v) is 5.81. The summed E-state index contributed by atoms with van der Waals surface area (Å²) in [5.74, 6) is 0.0367. The molecule has 0 aromatic heterocycles. The Labute approximate surface area is 125 Å². The van der Waals surface area contributed by atoms with Crippen LogP contribution in [0.4, 0.5) is 5.69 Å². The van der Waals surface area contributed by atoms with Crippen molar-refractivity contribution in [2.75, 3.05) is 32.8 Å². The van der Waals surface area contributed by atoms with Gasteiger partial charge < -0.3 is 28.5 Å². The molecule has 1 atom stereocenters. The fourth-order valence-corrected chi connectivity index (χ4v) is 2.00. The molecular formula is C13H19IN2O2. The molecule has 18 heavy (non-hydrogen) atoms. The normalized spacial score (nSPS) is 19.8. The molecule has 0 aliphatic carbocycles. The minimum absolute atomic E-state index is 0. The lowest BCUT2D eigenvalue weighted by molar-refractivity contribution is -0.873. The van der Waals surface area contributed by atoms with Crippen molar-refractivity contribution in [1.29, 1.82) is 0 Å². The van der Waals surface area contributed by atoms with E-state index in [-0.39, 0.29) is 36.0 Å². The van der Waals surface area contributed by atoms with E-state index in [1.807, 2.05) is 30.3 Å². The Morgan fingerprint density at radius 2 is 1.89 bits per heavy atom. The maximum Gasteiger partial charge on any atom is 0.253 e. The van der Waals surface area contributed by atoms with Crippen molar-refractivity contribution in [3.63, 3.8) is 0 Å². The molecule has 1 aromatic carbocycles. The van der Waals surface area contributed by atoms with Gasteiger partial charge in [0, 0.05) is 0 Å². The van der Waals surface area contributed by atoms with Crippen molar-refractivity contribution in [2.24, 2.45) is 0 Å². The summed E-state index contributed by atoms with van der Waals surface area (Å²) >= 11 is 0. The van der Waals surface area contributed by atoms with Crippen LogP contribution >= 0.6 is 0 Å². The standard InChI is InChI=1S/C13H19N2O2.HI/c1-15(2,3)10-12-9-13(16)14(17-12)11-7-5-4-6-8-11;/h4-8,12H,9-10H2,1-3H3;1H/q+1;/p-1/t12-;/m0./s1. The Hall–Kier alpha value is -0.660. The molecule has 1 fully saturated rings. The van der Waals surface area contributed by atoms with E-state index in [0.717, 1.165) is 16.7 Å². The van der Waals surface area contributed by atoms with E-state index < -0.39 is 0 Å². The second-order valence-corrected chi connectivity index (χ2v) is 5.43. The first-order chi connectivity index (χ1) is 7.96. The molecule has 0 unspecified atom stereocenters. The number of hydrogen-bond donors (Lipinski definition) is 0. The molecular weight excluding hydrogens is 343 g/mol. The topological polar surface area (TPSA) is 29.5 Å². The van der Waals surface area contributed by atoms with Gasteiger partial charge in [0.15, 0.2) is 0 Å². The number of carbonyl (C=O) groups excluding carboxylic acids is 1. The molecule has 2 rings (SSSR count). The van der Waals surface area contributed by atoms with Gasteiger partial charge in [0.2, 0.25) is 0 Å². The Morgan fingerprint density at radius 1 is 1.28 bits per heavy atom. The third-order valence-electron chi connectivity index (χ3n) is 2.63. The average molecular weight is 362 g/mol. The van der Waals surface area contributed by atoms with Gasteiger partial charge in [-0.25, -0.2) is 0 Å². The van der Waals surface area contributed by atoms with Crippen LogP contribution in [-0.4, -0.2) is 44.2 Å². The zero-order valence-corrected chi connectivity index (χ0v) is 13.1. The van der Waals surface area contributed by atoms with Crippen molar-refractivity contribution in [3.8, 4) is 0 Å². The molecule has 4 nitrogen and oxygen atoms in total. The second kappa shape index (κ2) is 5.99. The quantitative estimate of drug-likeness (QED) is 0.481. The van der Waals surface area contributed by atoms with E-state index in [9.17, 15) is 4.79 Å². The Balaban J connectivity index is 0.00000162. The van der Waals surface area contributed by atoms with Gasteiger partial charge in [0.1, 0.15) is 12.6 Å². The Morgan fingerprint density at radius 3 is 2.44 bits per heavy atom. The van der Waals surface area contributed by atoms with Gasteiger partial charge in [-0.1, -0.05) is 18.2 Å². The fraction of sp³-hybridized carbons (Fsp3) is 0.462. The van der Waals surface area contributed by atoms with E-state index in [1.54, 1.807) is 0 Å². The number of hydroxylamine groups is 1. The van der Waals surface area contributed by atoms with Crippen LogP contribution in [0, 0.1) is 0 Å². The van der Waals surface area contributed by atoms with Gasteiger partial charge in [-0.2, -0.15) is 5.06 Å². The summed E-state index contributed by atoms with van der Waals surface area (Å²) < 4.78 is 0.792. The molecule has 0 N–H and O–H groups in total. The molecule has 0 bridgehead atoms. The molecule has 5 heteroatoms. The van der Waals surface area contributed by atoms with Gasteiger partial charge >= 0.3 is 0 Å². The molecule has 100 valence electrons. The summed E-state index contributed by atoms with van der Waals surface area (Å²) in [5.41, 5.74) is 0.807. The van der Waals surface area contributed by atoms with E-state index in [2.05, 4.69) is 21.1 Å². The minimum atomic E-state index is -0.0253. The average Bonchev–Trinajstić information content (AvgIpc) is 2.58. The number of hydrogen-bond acceptors (Lipinski definition) is 2. The lowest BCUT2D eigenvalue weighted by Crippen LogP contribution is -3.00. The smallest absolute Gasteiger partial charge is 0.253 e. The number of halogens is 1. The van der Waals surface area contributed by atoms with Crippen LogP contribution in [0.1, 0.15) is 6.42 Å². The van der Waals surface area contributed by atoms with E-state index in [0.29, 0.717) is 6.42 Å². The van der Waals surface area contributed by atoms with Crippen LogP contribution in [-0.2, 0) is 9.63 Å². The fourth-order valence-electron chi connectivity index (χ4n) is 2.00. The Kier molecular flexibility index (Phi) is 5.12. The SMILES string of the molecule is C[N+](C)(C)C[C@@H]1CC(=O)N(c2ccccc2)O1.[I-]. The van der Waals surface area contributed by atoms with Crippen molar-refractivity contribution in [3.05, 3.63) is 30.3 Å². The lowest BCUT2D eigenvalue weighted by Gasteiger charge is -2.26. The molecule has 0 saturated carbocycles. The first kappa shape index (κ1) is 15.4. The maximum absolute atomic E-state index is 11.9. The minimum Gasteiger partial charge on any atom is -1.00 e. The number of amides is 1. The predicted octanol–water partition coefficient (Wildman–Crippen LogP) is -1.57. The summed E-state index contributed by atoms with van der Waals surface area (Å²) in [6.07, 6.45) is 0.437. The molecule has 1 heterocycles. The second-order valence-electron chi connectivity index (χ2n) is 5.43. The molecule has 1 aliphatic rings. The zero-order valence-electron chi connectivity index (χ0n) is 11.0. The third kappa shape index (κ3) is 3.93. The molecule has 1 aromatic rings. The summed E-state index contributed by atoms with van der Waals surface area (Å²) in [7, 11) is 6.29. The van der Waals surface area contributed by atoms with Gasteiger partial charge in [0.05, 0.1) is 33.3 Å². The summed E-state index contributed by atoms with van der Waals surface area (Å²) in [4.78, 5) is 17.6. The molecule has 1 amide bonds. The van der Waals surface area contributed by atoms with Crippen molar-refractivity contribution >= 4 is 11.6 Å². The molecule has 0 spiro atoms. The van der Waals surface area contributed by atoms with Gasteiger partial charge in [-0.3, -0.25) is 9.63 Å². The van der Waals surface area contributed by atoms with Gasteiger partial charge in [-0.05, 0) is 12.1 Å². The highest BCUT2D eigenvalue weighted by atomic mass is 127. The highest BCUT2D eigenvalue weighted by Crippen LogP contribution is 2.24. The van der Waals surface area contributed by atoms with Crippen LogP contribution < -0.4 is 29.0 Å². The number of likely N-dealkylation sites (N-methyl/N-ethyl adjacent to an activating group) is 1. The number of anilines is 1. The van der Waals surface area contributed by atoms with E-state index in [4.69, 9.17) is 4.84 Å².